The molecule has 1 aliphatic rings. The molecule has 1 unspecified atom stereocenters. The molecule has 0 spiro atoms. The molecule has 164 valence electrons. The molecule has 2 amide bonds. The van der Waals surface area contributed by atoms with E-state index in [-0.39, 0.29) is 18.2 Å². The van der Waals surface area contributed by atoms with Gasteiger partial charge in [0, 0.05) is 33.2 Å². The molecule has 0 aliphatic carbocycles. The van der Waals surface area contributed by atoms with Gasteiger partial charge in [-0.25, -0.2) is 0 Å². The minimum absolute atomic E-state index is 0.0275. The summed E-state index contributed by atoms with van der Waals surface area (Å²) in [7, 11) is 1.79. The third-order valence-electron chi connectivity index (χ3n) is 5.94. The van der Waals surface area contributed by atoms with Crippen molar-refractivity contribution in [2.24, 2.45) is 0 Å². The second-order valence-corrected chi connectivity index (χ2v) is 8.28. The first-order valence-electron chi connectivity index (χ1n) is 11.0. The van der Waals surface area contributed by atoms with E-state index in [0.29, 0.717) is 19.6 Å². The van der Waals surface area contributed by atoms with E-state index in [2.05, 4.69) is 46.6 Å². The predicted octanol–water partition coefficient (Wildman–Crippen LogP) is 3.70. The fourth-order valence-electron chi connectivity index (χ4n) is 4.11. The number of piperazine rings is 1. The summed E-state index contributed by atoms with van der Waals surface area (Å²) < 4.78 is 0. The molecule has 1 aliphatic heterocycles. The van der Waals surface area contributed by atoms with E-state index >= 15 is 0 Å². The van der Waals surface area contributed by atoms with Gasteiger partial charge in [-0.1, -0.05) is 84.9 Å². The molecule has 4 rings (SSSR count). The van der Waals surface area contributed by atoms with Gasteiger partial charge in [0.05, 0.1) is 12.5 Å². The van der Waals surface area contributed by atoms with Crippen LogP contribution in [-0.4, -0.2) is 47.8 Å². The van der Waals surface area contributed by atoms with Crippen molar-refractivity contribution in [1.82, 2.24) is 15.1 Å². The van der Waals surface area contributed by atoms with Crippen LogP contribution < -0.4 is 5.32 Å². The molecule has 0 radical (unpaired) electrons. The molecule has 1 fully saturated rings. The minimum atomic E-state index is -0.455. The molecule has 1 heterocycles. The van der Waals surface area contributed by atoms with Crippen LogP contribution in [0.25, 0.3) is 11.1 Å². The Bertz CT molecular complexity index is 1040. The van der Waals surface area contributed by atoms with Crippen LogP contribution in [0.2, 0.25) is 0 Å². The highest BCUT2D eigenvalue weighted by Crippen LogP contribution is 2.21. The van der Waals surface area contributed by atoms with Gasteiger partial charge in [-0.05, 0) is 22.3 Å². The van der Waals surface area contributed by atoms with Gasteiger partial charge >= 0.3 is 0 Å². The zero-order valence-electron chi connectivity index (χ0n) is 18.4. The summed E-state index contributed by atoms with van der Waals surface area (Å²) in [6.45, 7) is 2.51. The quantitative estimate of drug-likeness (QED) is 0.626. The van der Waals surface area contributed by atoms with Crippen LogP contribution in [0.3, 0.4) is 0 Å². The van der Waals surface area contributed by atoms with Gasteiger partial charge in [0.15, 0.2) is 0 Å². The monoisotopic (exact) mass is 427 g/mol. The molecule has 32 heavy (non-hydrogen) atoms. The van der Waals surface area contributed by atoms with Crippen LogP contribution in [-0.2, 0) is 22.7 Å². The molecule has 0 bridgehead atoms. The van der Waals surface area contributed by atoms with E-state index in [9.17, 15) is 9.59 Å². The van der Waals surface area contributed by atoms with Crippen molar-refractivity contribution in [2.45, 2.75) is 25.6 Å². The second-order valence-electron chi connectivity index (χ2n) is 8.28. The van der Waals surface area contributed by atoms with Crippen LogP contribution in [0.4, 0.5) is 0 Å². The Morgan fingerprint density at radius 2 is 1.53 bits per heavy atom. The van der Waals surface area contributed by atoms with Crippen LogP contribution >= 0.6 is 0 Å². The fraction of sp³-hybridized carbons (Fsp3) is 0.259. The molecule has 0 aromatic heterocycles. The highest BCUT2D eigenvalue weighted by Gasteiger charge is 2.32. The zero-order chi connectivity index (χ0) is 22.3. The number of nitrogens with one attached hydrogen (secondary N) is 1. The van der Waals surface area contributed by atoms with E-state index in [1.54, 1.807) is 11.9 Å². The van der Waals surface area contributed by atoms with Gasteiger partial charge in [0.25, 0.3) is 0 Å². The first-order valence-corrected chi connectivity index (χ1v) is 11.0. The van der Waals surface area contributed by atoms with Crippen molar-refractivity contribution in [3.63, 3.8) is 0 Å². The lowest BCUT2D eigenvalue weighted by molar-refractivity contribution is -0.138. The molecular formula is C27H29N3O2. The summed E-state index contributed by atoms with van der Waals surface area (Å²) in [6, 6.07) is 28.1. The first-order chi connectivity index (χ1) is 15.6. The summed E-state index contributed by atoms with van der Waals surface area (Å²) in [5.41, 5.74) is 4.56. The van der Waals surface area contributed by atoms with Crippen molar-refractivity contribution in [3.05, 3.63) is 96.1 Å². The topological polar surface area (TPSA) is 52.7 Å². The van der Waals surface area contributed by atoms with Crippen LogP contribution in [0.1, 0.15) is 17.5 Å². The van der Waals surface area contributed by atoms with Crippen LogP contribution in [0.15, 0.2) is 84.9 Å². The maximum atomic E-state index is 12.9. The number of carbonyl (C=O) groups is 2. The Labute approximate surface area is 189 Å². The van der Waals surface area contributed by atoms with Crippen LogP contribution in [0, 0.1) is 0 Å². The minimum Gasteiger partial charge on any atom is -0.353 e. The smallest absolute Gasteiger partial charge is 0.237 e. The fourth-order valence-corrected chi connectivity index (χ4v) is 4.11. The molecule has 3 aromatic rings. The van der Waals surface area contributed by atoms with Gasteiger partial charge in [-0.3, -0.25) is 14.5 Å². The third-order valence-corrected chi connectivity index (χ3v) is 5.94. The predicted molar refractivity (Wildman–Crippen MR) is 127 cm³/mol. The van der Waals surface area contributed by atoms with Crippen LogP contribution in [0.5, 0.6) is 0 Å². The van der Waals surface area contributed by atoms with Gasteiger partial charge < -0.3 is 10.2 Å². The number of rotatable bonds is 7. The summed E-state index contributed by atoms with van der Waals surface area (Å²) in [4.78, 5) is 29.3. The van der Waals surface area contributed by atoms with E-state index in [4.69, 9.17) is 0 Å². The standard InChI is InChI=1S/C27H29N3O2/c1-29(19-21-8-4-2-5-9-21)26(31)18-25-27(32)28-16-17-30(25)20-22-12-14-24(15-13-22)23-10-6-3-7-11-23/h2-15,25H,16-20H2,1H3,(H,28,32). The third kappa shape index (κ3) is 5.42. The van der Waals surface area contributed by atoms with Crippen molar-refractivity contribution in [1.29, 1.82) is 0 Å². The van der Waals surface area contributed by atoms with Crippen molar-refractivity contribution >= 4 is 11.8 Å². The molecule has 1 saturated heterocycles. The maximum Gasteiger partial charge on any atom is 0.237 e. The van der Waals surface area contributed by atoms with E-state index < -0.39 is 6.04 Å². The Hall–Kier alpha value is -3.44. The number of hydrogen-bond acceptors (Lipinski definition) is 3. The Kier molecular flexibility index (Phi) is 6.97. The highest BCUT2D eigenvalue weighted by molar-refractivity contribution is 5.88. The van der Waals surface area contributed by atoms with Crippen molar-refractivity contribution < 1.29 is 9.59 Å². The second kappa shape index (κ2) is 10.2. The lowest BCUT2D eigenvalue weighted by Crippen LogP contribution is -2.56. The Morgan fingerprint density at radius 1 is 0.906 bits per heavy atom. The zero-order valence-corrected chi connectivity index (χ0v) is 18.4. The lowest BCUT2D eigenvalue weighted by Gasteiger charge is -2.35. The van der Waals surface area contributed by atoms with Crippen molar-refractivity contribution in [2.75, 3.05) is 20.1 Å². The van der Waals surface area contributed by atoms with Gasteiger partial charge in [-0.15, -0.1) is 0 Å². The number of nitrogens with zero attached hydrogens (tertiary/aromatic N) is 2. The van der Waals surface area contributed by atoms with E-state index in [1.807, 2.05) is 48.5 Å². The van der Waals surface area contributed by atoms with Gasteiger partial charge in [0.2, 0.25) is 11.8 Å². The normalized spacial score (nSPS) is 16.4. The lowest BCUT2D eigenvalue weighted by atomic mass is 10.0. The van der Waals surface area contributed by atoms with Gasteiger partial charge in [0.1, 0.15) is 0 Å². The highest BCUT2D eigenvalue weighted by atomic mass is 16.2. The van der Waals surface area contributed by atoms with E-state index in [0.717, 1.165) is 17.7 Å². The SMILES string of the molecule is CN(Cc1ccccc1)C(=O)CC1C(=O)NCCN1Cc1ccc(-c2ccccc2)cc1. The Morgan fingerprint density at radius 3 is 2.22 bits per heavy atom. The number of carbonyl (C=O) groups excluding carboxylic acids is 2. The average Bonchev–Trinajstić information content (AvgIpc) is 2.83. The Balaban J connectivity index is 1.41. The molecule has 1 N–H and O–H groups in total. The number of hydrogen-bond donors (Lipinski definition) is 1. The maximum absolute atomic E-state index is 12.9. The largest absolute Gasteiger partial charge is 0.353 e. The summed E-state index contributed by atoms with van der Waals surface area (Å²) in [5.74, 6) is -0.0982. The molecule has 3 aromatic carbocycles. The molecule has 5 heteroatoms. The van der Waals surface area contributed by atoms with Crippen molar-refractivity contribution in [3.8, 4) is 11.1 Å². The summed E-state index contributed by atoms with van der Waals surface area (Å²) in [6.07, 6.45) is 0.178. The van der Waals surface area contributed by atoms with E-state index in [1.165, 1.54) is 11.1 Å². The number of amides is 2. The molecular weight excluding hydrogens is 398 g/mol. The molecule has 0 saturated carbocycles. The first kappa shape index (κ1) is 21.8. The molecule has 1 atom stereocenters. The van der Waals surface area contributed by atoms with Gasteiger partial charge in [-0.2, -0.15) is 0 Å². The molecule has 5 nitrogen and oxygen atoms in total. The summed E-state index contributed by atoms with van der Waals surface area (Å²) >= 11 is 0. The number of benzene rings is 3. The summed E-state index contributed by atoms with van der Waals surface area (Å²) in [5, 5.41) is 2.92. The average molecular weight is 428 g/mol.